The second-order valence-corrected chi connectivity index (χ2v) is 8.49. The monoisotopic (exact) mass is 396 g/mol. The third-order valence-electron chi connectivity index (χ3n) is 4.38. The van der Waals surface area contributed by atoms with Gasteiger partial charge in [-0.05, 0) is 55.0 Å². The number of nitrogens with zero attached hydrogens (tertiary/aromatic N) is 2. The van der Waals surface area contributed by atoms with Gasteiger partial charge in [-0.3, -0.25) is 4.79 Å². The van der Waals surface area contributed by atoms with Crippen LogP contribution in [0.4, 0.5) is 4.39 Å². The molecule has 1 fully saturated rings. The Morgan fingerprint density at radius 1 is 1.04 bits per heavy atom. The molecule has 0 aromatic heterocycles. The minimum Gasteiger partial charge on any atom is -0.336 e. The highest BCUT2D eigenvalue weighted by Crippen LogP contribution is 2.21. The Labute approximate surface area is 157 Å². The first-order valence-corrected chi connectivity index (χ1v) is 9.92. The first kappa shape index (κ1) is 18.8. The zero-order valence-electron chi connectivity index (χ0n) is 14.2. The fourth-order valence-corrected chi connectivity index (χ4v) is 4.47. The van der Waals surface area contributed by atoms with E-state index in [-0.39, 0.29) is 29.5 Å². The summed E-state index contributed by atoms with van der Waals surface area (Å²) in [6.07, 6.45) is 0. The van der Waals surface area contributed by atoms with Gasteiger partial charge >= 0.3 is 0 Å². The van der Waals surface area contributed by atoms with Crippen molar-refractivity contribution in [3.63, 3.8) is 0 Å². The van der Waals surface area contributed by atoms with Crippen molar-refractivity contribution in [3.05, 3.63) is 64.4 Å². The molecule has 0 unspecified atom stereocenters. The maximum atomic E-state index is 13.4. The lowest BCUT2D eigenvalue weighted by Gasteiger charge is -2.34. The van der Waals surface area contributed by atoms with Crippen LogP contribution in [0.25, 0.3) is 0 Å². The molecule has 0 radical (unpaired) electrons. The molecule has 138 valence electrons. The Kier molecular flexibility index (Phi) is 5.32. The Hall–Kier alpha value is -1.96. The van der Waals surface area contributed by atoms with Gasteiger partial charge in [0.1, 0.15) is 5.82 Å². The van der Waals surface area contributed by atoms with E-state index < -0.39 is 15.8 Å². The predicted octanol–water partition coefficient (Wildman–Crippen LogP) is 2.93. The first-order chi connectivity index (χ1) is 12.3. The number of sulfonamides is 1. The molecule has 0 bridgehead atoms. The van der Waals surface area contributed by atoms with Gasteiger partial charge in [0.15, 0.2) is 0 Å². The summed E-state index contributed by atoms with van der Waals surface area (Å²) in [5, 5.41) is 0.548. The summed E-state index contributed by atoms with van der Waals surface area (Å²) in [6, 6.07) is 10.3. The average molecular weight is 397 g/mol. The van der Waals surface area contributed by atoms with Gasteiger partial charge in [-0.1, -0.05) is 11.6 Å². The first-order valence-electron chi connectivity index (χ1n) is 8.10. The molecule has 1 heterocycles. The highest BCUT2D eigenvalue weighted by atomic mass is 35.5. The molecule has 8 heteroatoms. The van der Waals surface area contributed by atoms with Crippen LogP contribution in [0.2, 0.25) is 5.02 Å². The van der Waals surface area contributed by atoms with Gasteiger partial charge in [0.05, 0.1) is 4.90 Å². The van der Waals surface area contributed by atoms with Crippen LogP contribution in [0.1, 0.15) is 15.9 Å². The molecule has 0 spiro atoms. The largest absolute Gasteiger partial charge is 0.336 e. The molecule has 2 aromatic carbocycles. The molecule has 1 aliphatic heterocycles. The van der Waals surface area contributed by atoms with Crippen molar-refractivity contribution in [3.8, 4) is 0 Å². The van der Waals surface area contributed by atoms with Crippen molar-refractivity contribution in [2.75, 3.05) is 26.2 Å². The molecular formula is C18H18ClFN2O3S. The summed E-state index contributed by atoms with van der Waals surface area (Å²) in [6.45, 7) is 2.50. The molecule has 1 aliphatic rings. The van der Waals surface area contributed by atoms with Crippen molar-refractivity contribution in [1.29, 1.82) is 0 Å². The van der Waals surface area contributed by atoms with E-state index in [1.807, 2.05) is 0 Å². The van der Waals surface area contributed by atoms with Crippen molar-refractivity contribution in [2.24, 2.45) is 0 Å². The highest BCUT2D eigenvalue weighted by Gasteiger charge is 2.30. The molecule has 1 amide bonds. The fraction of sp³-hybridized carbons (Fsp3) is 0.278. The van der Waals surface area contributed by atoms with Crippen molar-refractivity contribution in [2.45, 2.75) is 11.8 Å². The quantitative estimate of drug-likeness (QED) is 0.801. The maximum absolute atomic E-state index is 13.4. The van der Waals surface area contributed by atoms with E-state index in [2.05, 4.69) is 0 Å². The summed E-state index contributed by atoms with van der Waals surface area (Å²) in [4.78, 5) is 14.2. The van der Waals surface area contributed by atoms with Gasteiger partial charge in [-0.2, -0.15) is 4.31 Å². The van der Waals surface area contributed by atoms with E-state index in [0.29, 0.717) is 23.7 Å². The van der Waals surface area contributed by atoms with Crippen LogP contribution in [0, 0.1) is 12.7 Å². The maximum Gasteiger partial charge on any atom is 0.253 e. The molecule has 0 N–H and O–H groups in total. The minimum absolute atomic E-state index is 0.0638. The summed E-state index contributed by atoms with van der Waals surface area (Å²) in [5.74, 6) is -0.598. The van der Waals surface area contributed by atoms with Crippen LogP contribution in [0.15, 0.2) is 47.4 Å². The predicted molar refractivity (Wildman–Crippen MR) is 97.3 cm³/mol. The number of piperazine rings is 1. The van der Waals surface area contributed by atoms with Crippen LogP contribution >= 0.6 is 11.6 Å². The van der Waals surface area contributed by atoms with Crippen LogP contribution in [-0.4, -0.2) is 49.7 Å². The number of carbonyl (C=O) groups excluding carboxylic acids is 1. The lowest BCUT2D eigenvalue weighted by atomic mass is 10.2. The van der Waals surface area contributed by atoms with E-state index in [1.54, 1.807) is 29.2 Å². The Bertz CT molecular complexity index is 924. The van der Waals surface area contributed by atoms with Gasteiger partial charge in [-0.25, -0.2) is 12.8 Å². The van der Waals surface area contributed by atoms with E-state index in [9.17, 15) is 17.6 Å². The minimum atomic E-state index is -3.71. The van der Waals surface area contributed by atoms with E-state index in [0.717, 1.165) is 6.07 Å². The van der Waals surface area contributed by atoms with Gasteiger partial charge in [0.2, 0.25) is 10.0 Å². The second kappa shape index (κ2) is 7.34. The number of benzene rings is 2. The zero-order valence-corrected chi connectivity index (χ0v) is 15.7. The number of halogens is 2. The fourth-order valence-electron chi connectivity index (χ4n) is 2.83. The molecule has 5 nitrogen and oxygen atoms in total. The summed E-state index contributed by atoms with van der Waals surface area (Å²) < 4.78 is 40.2. The normalized spacial score (nSPS) is 15.9. The van der Waals surface area contributed by atoms with Crippen LogP contribution in [0.5, 0.6) is 0 Å². The Morgan fingerprint density at radius 3 is 2.23 bits per heavy atom. The number of rotatable bonds is 3. The van der Waals surface area contributed by atoms with Gasteiger partial charge in [0, 0.05) is 36.8 Å². The van der Waals surface area contributed by atoms with Crippen LogP contribution < -0.4 is 0 Å². The van der Waals surface area contributed by atoms with Crippen LogP contribution in [0.3, 0.4) is 0 Å². The van der Waals surface area contributed by atoms with Gasteiger partial charge < -0.3 is 4.90 Å². The number of hydrogen-bond acceptors (Lipinski definition) is 3. The van der Waals surface area contributed by atoms with Crippen molar-refractivity contribution >= 4 is 27.5 Å². The molecule has 26 heavy (non-hydrogen) atoms. The smallest absolute Gasteiger partial charge is 0.253 e. The van der Waals surface area contributed by atoms with E-state index in [1.165, 1.54) is 23.4 Å². The molecule has 1 saturated heterocycles. The topological polar surface area (TPSA) is 57.7 Å². The van der Waals surface area contributed by atoms with Gasteiger partial charge in [0.25, 0.3) is 5.91 Å². The molecular weight excluding hydrogens is 379 g/mol. The second-order valence-electron chi connectivity index (χ2n) is 6.11. The van der Waals surface area contributed by atoms with E-state index in [4.69, 9.17) is 11.6 Å². The van der Waals surface area contributed by atoms with Crippen LogP contribution in [-0.2, 0) is 10.0 Å². The number of carbonyl (C=O) groups is 1. The average Bonchev–Trinajstić information content (AvgIpc) is 2.64. The van der Waals surface area contributed by atoms with E-state index >= 15 is 0 Å². The number of amides is 1. The highest BCUT2D eigenvalue weighted by molar-refractivity contribution is 7.89. The molecule has 0 saturated carbocycles. The lowest BCUT2D eigenvalue weighted by molar-refractivity contribution is 0.0698. The zero-order chi connectivity index (χ0) is 18.9. The van der Waals surface area contributed by atoms with Crippen molar-refractivity contribution < 1.29 is 17.6 Å². The SMILES string of the molecule is Cc1cc(S(=O)(=O)N2CCN(C(=O)c3ccc(Cl)cc3)CC2)ccc1F. The van der Waals surface area contributed by atoms with Gasteiger partial charge in [-0.15, -0.1) is 0 Å². The number of hydrogen-bond donors (Lipinski definition) is 0. The third-order valence-corrected chi connectivity index (χ3v) is 6.53. The lowest BCUT2D eigenvalue weighted by Crippen LogP contribution is -2.50. The molecule has 3 rings (SSSR count). The summed E-state index contributed by atoms with van der Waals surface area (Å²) in [7, 11) is -3.71. The van der Waals surface area contributed by atoms with Crippen molar-refractivity contribution in [1.82, 2.24) is 9.21 Å². The standard InChI is InChI=1S/C18H18ClFN2O3S/c1-13-12-16(6-7-17(13)20)26(24,25)22-10-8-21(9-11-22)18(23)14-2-4-15(19)5-3-14/h2-7,12H,8-11H2,1H3. The Balaban J connectivity index is 1.70. The molecule has 0 atom stereocenters. The molecule has 2 aromatic rings. The Morgan fingerprint density at radius 2 is 1.65 bits per heavy atom. The summed E-state index contributed by atoms with van der Waals surface area (Å²) in [5.41, 5.74) is 0.794. The third kappa shape index (κ3) is 3.75. The summed E-state index contributed by atoms with van der Waals surface area (Å²) >= 11 is 5.83. The molecule has 0 aliphatic carbocycles. The number of aryl methyl sites for hydroxylation is 1.